The molecule has 0 N–H and O–H groups in total. The van der Waals surface area contributed by atoms with Crippen molar-refractivity contribution in [3.63, 3.8) is 0 Å². The summed E-state index contributed by atoms with van der Waals surface area (Å²) in [5.74, 6) is -2.32. The first-order valence-electron chi connectivity index (χ1n) is 27.1. The van der Waals surface area contributed by atoms with Gasteiger partial charge in [-0.25, -0.2) is 0 Å². The summed E-state index contributed by atoms with van der Waals surface area (Å²) in [5, 5.41) is 11.8. The summed E-state index contributed by atoms with van der Waals surface area (Å²) < 4.78 is 22.6. The number of carboxylic acids is 1. The Kier molecular flexibility index (Phi) is 46.8. The van der Waals surface area contributed by atoms with Gasteiger partial charge < -0.3 is 33.3 Å². The molecule has 2 unspecified atom stereocenters. The number of unbranched alkanes of at least 4 members (excludes halogenated alkanes) is 22. The molecule has 0 spiro atoms. The molecule has 0 radical (unpaired) electrons. The minimum atomic E-state index is -1.63. The average Bonchev–Trinajstić information content (AvgIpc) is 3.29. The second kappa shape index (κ2) is 49.2. The van der Waals surface area contributed by atoms with Gasteiger partial charge in [-0.2, -0.15) is 0 Å². The fraction of sp³-hybridized carbons (Fsp3) is 0.741. The third-order valence-electron chi connectivity index (χ3n) is 11.5. The number of aliphatic carboxylic acids is 1. The minimum Gasteiger partial charge on any atom is -0.545 e. The topological polar surface area (TPSA) is 111 Å². The Labute approximate surface area is 411 Å². The van der Waals surface area contributed by atoms with Gasteiger partial charge in [0, 0.05) is 12.8 Å². The summed E-state index contributed by atoms with van der Waals surface area (Å²) in [5.41, 5.74) is 0. The maximum absolute atomic E-state index is 12.8. The summed E-state index contributed by atoms with van der Waals surface area (Å²) in [6, 6.07) is 0. The highest BCUT2D eigenvalue weighted by atomic mass is 16.7. The summed E-state index contributed by atoms with van der Waals surface area (Å²) in [4.78, 5) is 37.2. The summed E-state index contributed by atoms with van der Waals surface area (Å²) in [6.07, 6.45) is 59.4. The van der Waals surface area contributed by atoms with E-state index in [4.69, 9.17) is 18.9 Å². The Hall–Kier alpha value is -3.27. The molecule has 0 aliphatic rings. The van der Waals surface area contributed by atoms with Gasteiger partial charge in [0.1, 0.15) is 13.2 Å². The van der Waals surface area contributed by atoms with Crippen molar-refractivity contribution in [2.45, 2.75) is 232 Å². The van der Waals surface area contributed by atoms with E-state index >= 15 is 0 Å². The summed E-state index contributed by atoms with van der Waals surface area (Å²) >= 11 is 0. The van der Waals surface area contributed by atoms with E-state index in [1.165, 1.54) is 103 Å². The third-order valence-corrected chi connectivity index (χ3v) is 11.5. The molecule has 0 aromatic carbocycles. The molecule has 0 saturated heterocycles. The fourth-order valence-electron chi connectivity index (χ4n) is 7.30. The second-order valence-electron chi connectivity index (χ2n) is 19.1. The van der Waals surface area contributed by atoms with Crippen molar-refractivity contribution in [2.24, 2.45) is 0 Å². The van der Waals surface area contributed by atoms with E-state index in [2.05, 4.69) is 86.8 Å². The number of esters is 2. The lowest BCUT2D eigenvalue weighted by molar-refractivity contribution is -0.870. The number of nitrogens with zero attached hydrogens (tertiary/aromatic N) is 1. The molecule has 2 atom stereocenters. The number of carboxylic acid groups (broad SMARTS) is 1. The van der Waals surface area contributed by atoms with Gasteiger partial charge in [-0.15, -0.1) is 0 Å². The van der Waals surface area contributed by atoms with E-state index in [9.17, 15) is 19.5 Å². The smallest absolute Gasteiger partial charge is 0.306 e. The van der Waals surface area contributed by atoms with Crippen LogP contribution in [0.25, 0.3) is 0 Å². The Balaban J connectivity index is 4.37. The van der Waals surface area contributed by atoms with Crippen LogP contribution in [0.15, 0.2) is 72.9 Å². The Morgan fingerprint density at radius 2 is 0.851 bits per heavy atom. The van der Waals surface area contributed by atoms with Gasteiger partial charge in [0.2, 0.25) is 0 Å². The van der Waals surface area contributed by atoms with E-state index in [1.54, 1.807) is 0 Å². The maximum atomic E-state index is 12.8. The van der Waals surface area contributed by atoms with Crippen molar-refractivity contribution < 1.29 is 42.9 Å². The van der Waals surface area contributed by atoms with Gasteiger partial charge in [0.15, 0.2) is 12.4 Å². The van der Waals surface area contributed by atoms with E-state index in [1.807, 2.05) is 21.1 Å². The molecular weight excluding hydrogens is 839 g/mol. The zero-order chi connectivity index (χ0) is 49.2. The normalized spacial score (nSPS) is 13.4. The number of ether oxygens (including phenoxy) is 4. The molecule has 67 heavy (non-hydrogen) atoms. The van der Waals surface area contributed by atoms with E-state index in [0.29, 0.717) is 17.4 Å². The maximum Gasteiger partial charge on any atom is 0.306 e. The second-order valence-corrected chi connectivity index (χ2v) is 19.1. The van der Waals surface area contributed by atoms with Crippen molar-refractivity contribution in [3.05, 3.63) is 72.9 Å². The lowest BCUT2D eigenvalue weighted by Crippen LogP contribution is -2.44. The molecule has 0 fully saturated rings. The van der Waals surface area contributed by atoms with Gasteiger partial charge in [0.05, 0.1) is 40.3 Å². The molecule has 0 rings (SSSR count). The largest absolute Gasteiger partial charge is 0.545 e. The molecule has 0 aliphatic carbocycles. The predicted octanol–water partition coefficient (Wildman–Crippen LogP) is 14.1. The molecular formula is C58H101NO8. The molecule has 0 bridgehead atoms. The number of hydrogen-bond acceptors (Lipinski definition) is 8. The highest BCUT2D eigenvalue weighted by Crippen LogP contribution is 2.16. The first kappa shape index (κ1) is 63.7. The lowest BCUT2D eigenvalue weighted by atomic mass is 10.0. The van der Waals surface area contributed by atoms with Crippen molar-refractivity contribution in [1.29, 1.82) is 0 Å². The number of rotatable bonds is 49. The van der Waals surface area contributed by atoms with Gasteiger partial charge in [-0.3, -0.25) is 9.59 Å². The number of likely N-dealkylation sites (N-methyl/N-ethyl adjacent to an activating group) is 1. The fourth-order valence-corrected chi connectivity index (χ4v) is 7.30. The highest BCUT2D eigenvalue weighted by Gasteiger charge is 2.22. The van der Waals surface area contributed by atoms with E-state index in [0.717, 1.165) is 83.5 Å². The Bertz CT molecular complexity index is 1330. The van der Waals surface area contributed by atoms with Crippen LogP contribution in [0.4, 0.5) is 0 Å². The lowest BCUT2D eigenvalue weighted by Gasteiger charge is -2.26. The van der Waals surface area contributed by atoms with Crippen molar-refractivity contribution in [1.82, 2.24) is 0 Å². The van der Waals surface area contributed by atoms with Crippen LogP contribution in [0, 0.1) is 0 Å². The van der Waals surface area contributed by atoms with Gasteiger partial charge in [0.25, 0.3) is 0 Å². The third kappa shape index (κ3) is 50.4. The molecule has 0 amide bonds. The van der Waals surface area contributed by atoms with Crippen LogP contribution in [0.3, 0.4) is 0 Å². The highest BCUT2D eigenvalue weighted by molar-refractivity contribution is 5.70. The number of allylic oxidation sites excluding steroid dienone is 12. The summed E-state index contributed by atoms with van der Waals surface area (Å²) in [6.45, 7) is 4.61. The van der Waals surface area contributed by atoms with Crippen LogP contribution < -0.4 is 5.11 Å². The zero-order valence-electron chi connectivity index (χ0n) is 43.8. The molecule has 9 nitrogen and oxygen atoms in total. The van der Waals surface area contributed by atoms with Gasteiger partial charge in [-0.05, 0) is 64.2 Å². The van der Waals surface area contributed by atoms with E-state index < -0.39 is 24.3 Å². The van der Waals surface area contributed by atoms with Crippen molar-refractivity contribution >= 4 is 17.9 Å². The van der Waals surface area contributed by atoms with E-state index in [-0.39, 0.29) is 38.6 Å². The average molecular weight is 940 g/mol. The minimum absolute atomic E-state index is 0.140. The Morgan fingerprint density at radius 3 is 1.27 bits per heavy atom. The molecule has 0 aliphatic heterocycles. The van der Waals surface area contributed by atoms with Crippen molar-refractivity contribution in [2.75, 3.05) is 47.5 Å². The standard InChI is InChI=1S/C58H101NO8/c1-6-8-10-12-14-16-18-20-22-24-26-27-28-29-31-33-35-37-39-41-43-45-47-49-56(61)67-54(53-66-58(57(62)63)64-51-50-59(3,4)5)52-65-55(60)48-46-44-42-40-38-36-34-32-30-25-23-21-19-17-15-13-11-9-7-2/h8,10,14,16,20,22,26-27,29,31,35,37,54,58H,6-7,9,11-13,15,17-19,21,23-25,28,30,32-34,36,38-53H2,1-5H3/b10-8-,16-14-,22-20-,27-26-,31-29-,37-35-. The number of carbonyl (C=O) groups excluding carboxylic acids is 3. The van der Waals surface area contributed by atoms with Crippen LogP contribution in [0.2, 0.25) is 0 Å². The monoisotopic (exact) mass is 940 g/mol. The predicted molar refractivity (Wildman–Crippen MR) is 278 cm³/mol. The molecule has 0 saturated carbocycles. The van der Waals surface area contributed by atoms with Gasteiger partial charge in [-0.1, -0.05) is 215 Å². The molecule has 9 heteroatoms. The molecule has 0 aromatic rings. The van der Waals surface area contributed by atoms with Crippen LogP contribution in [0.1, 0.15) is 219 Å². The van der Waals surface area contributed by atoms with Crippen LogP contribution in [-0.2, 0) is 33.3 Å². The number of carbonyl (C=O) groups is 3. The first-order valence-corrected chi connectivity index (χ1v) is 27.1. The molecule has 0 aromatic heterocycles. The number of quaternary nitrogens is 1. The van der Waals surface area contributed by atoms with Crippen molar-refractivity contribution in [3.8, 4) is 0 Å². The Morgan fingerprint density at radius 1 is 0.463 bits per heavy atom. The zero-order valence-corrected chi connectivity index (χ0v) is 43.8. The van der Waals surface area contributed by atoms with Crippen LogP contribution in [-0.4, -0.2) is 82.3 Å². The van der Waals surface area contributed by atoms with Crippen LogP contribution in [0.5, 0.6) is 0 Å². The number of hydrogen-bond donors (Lipinski definition) is 0. The van der Waals surface area contributed by atoms with Gasteiger partial charge >= 0.3 is 11.9 Å². The molecule has 386 valence electrons. The SMILES string of the molecule is CC/C=C\C/C=C\C/C=C\C/C=C\C/C=C\C/C=C\CCCCCCC(=O)OC(COC(=O)CCCCCCCCCCCCCCCCCCCCC)COC(OCC[N+](C)(C)C)C(=O)[O-]. The quantitative estimate of drug-likeness (QED) is 0.0195. The van der Waals surface area contributed by atoms with Crippen LogP contribution >= 0.6 is 0 Å². The first-order chi connectivity index (χ1) is 32.6. The molecule has 0 heterocycles. The summed E-state index contributed by atoms with van der Waals surface area (Å²) in [7, 11) is 5.91.